The highest BCUT2D eigenvalue weighted by Gasteiger charge is 2.22. The second-order valence-corrected chi connectivity index (χ2v) is 5.30. The molecule has 106 valence electrons. The van der Waals surface area contributed by atoms with E-state index < -0.39 is 0 Å². The molecule has 1 fully saturated rings. The minimum atomic E-state index is 0.601. The van der Waals surface area contributed by atoms with Crippen LogP contribution in [0.2, 0.25) is 0 Å². The standard InChI is InChI=1S/C15H26N4/c1-4-13-12-18(3)9-6-10-19(13)14-7-8-17-15(11-14)16-5-2/h7-8,11,13H,4-6,9-10,12H2,1-3H3,(H,16,17). The number of rotatable bonds is 4. The fourth-order valence-corrected chi connectivity index (χ4v) is 2.81. The van der Waals surface area contributed by atoms with Gasteiger partial charge in [0.05, 0.1) is 0 Å². The monoisotopic (exact) mass is 262 g/mol. The van der Waals surface area contributed by atoms with Gasteiger partial charge in [0.25, 0.3) is 0 Å². The van der Waals surface area contributed by atoms with Crippen LogP contribution in [0.1, 0.15) is 26.7 Å². The van der Waals surface area contributed by atoms with E-state index >= 15 is 0 Å². The third-order valence-corrected chi connectivity index (χ3v) is 3.81. The van der Waals surface area contributed by atoms with Crippen molar-refractivity contribution in [1.29, 1.82) is 0 Å². The predicted octanol–water partition coefficient (Wildman–Crippen LogP) is 2.43. The number of aromatic nitrogens is 1. The summed E-state index contributed by atoms with van der Waals surface area (Å²) in [6.07, 6.45) is 4.32. The van der Waals surface area contributed by atoms with Crippen LogP contribution in [-0.4, -0.2) is 49.2 Å². The number of anilines is 2. The van der Waals surface area contributed by atoms with Gasteiger partial charge in [-0.15, -0.1) is 0 Å². The summed E-state index contributed by atoms with van der Waals surface area (Å²) in [4.78, 5) is 9.36. The van der Waals surface area contributed by atoms with Crippen molar-refractivity contribution < 1.29 is 0 Å². The molecule has 1 aliphatic rings. The van der Waals surface area contributed by atoms with Crippen LogP contribution in [0.25, 0.3) is 0 Å². The maximum atomic E-state index is 4.37. The number of pyridine rings is 1. The second kappa shape index (κ2) is 6.75. The average Bonchev–Trinajstić information content (AvgIpc) is 2.61. The lowest BCUT2D eigenvalue weighted by Gasteiger charge is -2.32. The Morgan fingerprint density at radius 1 is 1.37 bits per heavy atom. The summed E-state index contributed by atoms with van der Waals surface area (Å²) in [5, 5.41) is 3.30. The summed E-state index contributed by atoms with van der Waals surface area (Å²) in [7, 11) is 2.22. The quantitative estimate of drug-likeness (QED) is 0.903. The van der Waals surface area contributed by atoms with Gasteiger partial charge in [-0.3, -0.25) is 0 Å². The minimum Gasteiger partial charge on any atom is -0.370 e. The molecule has 1 aromatic rings. The molecule has 0 radical (unpaired) electrons. The van der Waals surface area contributed by atoms with Gasteiger partial charge < -0.3 is 15.1 Å². The van der Waals surface area contributed by atoms with E-state index in [-0.39, 0.29) is 0 Å². The topological polar surface area (TPSA) is 31.4 Å². The van der Waals surface area contributed by atoms with E-state index in [1.807, 2.05) is 6.20 Å². The Balaban J connectivity index is 2.19. The van der Waals surface area contributed by atoms with Crippen LogP contribution in [0.4, 0.5) is 11.5 Å². The Hall–Kier alpha value is -1.29. The molecule has 2 rings (SSSR count). The van der Waals surface area contributed by atoms with E-state index in [2.05, 4.69) is 53.1 Å². The average molecular weight is 262 g/mol. The van der Waals surface area contributed by atoms with Crippen molar-refractivity contribution in [1.82, 2.24) is 9.88 Å². The molecule has 1 aliphatic heterocycles. The highest BCUT2D eigenvalue weighted by atomic mass is 15.2. The van der Waals surface area contributed by atoms with Crippen molar-refractivity contribution in [3.05, 3.63) is 18.3 Å². The van der Waals surface area contributed by atoms with Crippen LogP contribution in [-0.2, 0) is 0 Å². The van der Waals surface area contributed by atoms with Crippen molar-refractivity contribution in [2.45, 2.75) is 32.7 Å². The molecule has 1 atom stereocenters. The third kappa shape index (κ3) is 3.60. The lowest BCUT2D eigenvalue weighted by atomic mass is 10.1. The number of hydrogen-bond donors (Lipinski definition) is 1. The van der Waals surface area contributed by atoms with Gasteiger partial charge in [0.2, 0.25) is 0 Å². The van der Waals surface area contributed by atoms with Crippen molar-refractivity contribution in [2.75, 3.05) is 43.4 Å². The van der Waals surface area contributed by atoms with Gasteiger partial charge in [-0.1, -0.05) is 6.92 Å². The molecule has 2 heterocycles. The zero-order valence-corrected chi connectivity index (χ0v) is 12.4. The van der Waals surface area contributed by atoms with Crippen LogP contribution in [0.3, 0.4) is 0 Å². The fourth-order valence-electron chi connectivity index (χ4n) is 2.81. The van der Waals surface area contributed by atoms with E-state index in [1.165, 1.54) is 25.1 Å². The van der Waals surface area contributed by atoms with E-state index in [1.54, 1.807) is 0 Å². The lowest BCUT2D eigenvalue weighted by Crippen LogP contribution is -2.39. The van der Waals surface area contributed by atoms with Crippen molar-refractivity contribution in [3.63, 3.8) is 0 Å². The second-order valence-electron chi connectivity index (χ2n) is 5.30. The molecule has 1 N–H and O–H groups in total. The molecule has 0 bridgehead atoms. The lowest BCUT2D eigenvalue weighted by molar-refractivity contribution is 0.328. The van der Waals surface area contributed by atoms with E-state index in [4.69, 9.17) is 0 Å². The first-order chi connectivity index (χ1) is 9.24. The molecule has 0 saturated carbocycles. The Kier molecular flexibility index (Phi) is 5.02. The maximum absolute atomic E-state index is 4.37. The highest BCUT2D eigenvalue weighted by Crippen LogP contribution is 2.23. The zero-order valence-electron chi connectivity index (χ0n) is 12.4. The van der Waals surface area contributed by atoms with Crippen LogP contribution < -0.4 is 10.2 Å². The first kappa shape index (κ1) is 14.1. The first-order valence-electron chi connectivity index (χ1n) is 7.39. The fraction of sp³-hybridized carbons (Fsp3) is 0.667. The normalized spacial score (nSPS) is 21.2. The van der Waals surface area contributed by atoms with Gasteiger partial charge in [0.15, 0.2) is 0 Å². The Morgan fingerprint density at radius 2 is 2.21 bits per heavy atom. The number of hydrogen-bond acceptors (Lipinski definition) is 4. The van der Waals surface area contributed by atoms with Gasteiger partial charge in [0, 0.05) is 43.6 Å². The summed E-state index contributed by atoms with van der Waals surface area (Å²) in [6.45, 7) is 8.77. The van der Waals surface area contributed by atoms with Gasteiger partial charge in [-0.25, -0.2) is 4.98 Å². The molecule has 1 unspecified atom stereocenters. The van der Waals surface area contributed by atoms with E-state index in [0.29, 0.717) is 6.04 Å². The smallest absolute Gasteiger partial charge is 0.127 e. The molecule has 19 heavy (non-hydrogen) atoms. The van der Waals surface area contributed by atoms with Gasteiger partial charge in [-0.2, -0.15) is 0 Å². The molecule has 0 amide bonds. The Morgan fingerprint density at radius 3 is 2.95 bits per heavy atom. The van der Waals surface area contributed by atoms with Gasteiger partial charge in [-0.05, 0) is 39.4 Å². The number of likely N-dealkylation sites (N-methyl/N-ethyl adjacent to an activating group) is 1. The van der Waals surface area contributed by atoms with Crippen molar-refractivity contribution in [3.8, 4) is 0 Å². The molecule has 4 nitrogen and oxygen atoms in total. The van der Waals surface area contributed by atoms with Crippen molar-refractivity contribution in [2.24, 2.45) is 0 Å². The van der Waals surface area contributed by atoms with E-state index in [0.717, 1.165) is 25.5 Å². The SMILES string of the molecule is CCNc1cc(N2CCCN(C)CC2CC)ccn1. The summed E-state index contributed by atoms with van der Waals surface area (Å²) in [6, 6.07) is 4.91. The van der Waals surface area contributed by atoms with Crippen molar-refractivity contribution >= 4 is 11.5 Å². The molecule has 4 heteroatoms. The number of nitrogens with zero attached hydrogens (tertiary/aromatic N) is 3. The molecule has 1 saturated heterocycles. The third-order valence-electron chi connectivity index (χ3n) is 3.81. The summed E-state index contributed by atoms with van der Waals surface area (Å²) in [5.41, 5.74) is 1.30. The van der Waals surface area contributed by atoms with E-state index in [9.17, 15) is 0 Å². The van der Waals surface area contributed by atoms with Gasteiger partial charge >= 0.3 is 0 Å². The summed E-state index contributed by atoms with van der Waals surface area (Å²) in [5.74, 6) is 0.979. The number of nitrogens with one attached hydrogen (secondary N) is 1. The molecular weight excluding hydrogens is 236 g/mol. The molecular formula is C15H26N4. The molecule has 0 aromatic carbocycles. The van der Waals surface area contributed by atoms with Crippen LogP contribution in [0, 0.1) is 0 Å². The first-order valence-corrected chi connectivity index (χ1v) is 7.39. The Labute approximate surface area is 116 Å². The minimum absolute atomic E-state index is 0.601. The van der Waals surface area contributed by atoms with Crippen LogP contribution in [0.15, 0.2) is 18.3 Å². The largest absolute Gasteiger partial charge is 0.370 e. The van der Waals surface area contributed by atoms with Crippen LogP contribution in [0.5, 0.6) is 0 Å². The zero-order chi connectivity index (χ0) is 13.7. The Bertz CT molecular complexity index is 393. The molecule has 0 spiro atoms. The highest BCUT2D eigenvalue weighted by molar-refractivity contribution is 5.54. The predicted molar refractivity (Wildman–Crippen MR) is 81.9 cm³/mol. The summed E-state index contributed by atoms with van der Waals surface area (Å²) >= 11 is 0. The molecule has 1 aromatic heterocycles. The van der Waals surface area contributed by atoms with Gasteiger partial charge in [0.1, 0.15) is 5.82 Å². The molecule has 0 aliphatic carbocycles. The van der Waals surface area contributed by atoms with Crippen LogP contribution >= 0.6 is 0 Å². The summed E-state index contributed by atoms with van der Waals surface area (Å²) < 4.78 is 0. The maximum Gasteiger partial charge on any atom is 0.127 e.